The molecule has 4 rings (SSSR count). The number of carbonyl (C=O) groups is 1. The van der Waals surface area contributed by atoms with E-state index < -0.39 is 0 Å². The number of carbonyl (C=O) groups excluding carboxylic acids is 1. The summed E-state index contributed by atoms with van der Waals surface area (Å²) in [6.07, 6.45) is 9.39. The molecular weight excluding hydrogens is 312 g/mol. The van der Waals surface area contributed by atoms with Gasteiger partial charge < -0.3 is 9.15 Å². The monoisotopic (exact) mass is 332 g/mol. The second-order valence-corrected chi connectivity index (χ2v) is 7.49. The number of hydrogen-bond donors (Lipinski definition) is 0. The molecule has 6 heteroatoms. The van der Waals surface area contributed by atoms with Gasteiger partial charge >= 0.3 is 5.97 Å². The van der Waals surface area contributed by atoms with Gasteiger partial charge in [-0.05, 0) is 50.2 Å². The Hall–Kier alpha value is -1.69. The lowest BCUT2D eigenvalue weighted by Gasteiger charge is -2.07. The van der Waals surface area contributed by atoms with Crippen LogP contribution in [0.1, 0.15) is 76.3 Å². The van der Waals surface area contributed by atoms with Gasteiger partial charge in [-0.3, -0.25) is 0 Å². The van der Waals surface area contributed by atoms with Crippen molar-refractivity contribution in [1.82, 2.24) is 10.2 Å². The summed E-state index contributed by atoms with van der Waals surface area (Å²) in [7, 11) is 0. The zero-order valence-electron chi connectivity index (χ0n) is 13.0. The van der Waals surface area contributed by atoms with Gasteiger partial charge in [-0.15, -0.1) is 21.5 Å². The Balaban J connectivity index is 1.39. The molecule has 5 nitrogen and oxygen atoms in total. The Kier molecular flexibility index (Phi) is 4.16. The first-order chi connectivity index (χ1) is 11.3. The summed E-state index contributed by atoms with van der Waals surface area (Å²) in [6.45, 7) is 0.0567. The van der Waals surface area contributed by atoms with Gasteiger partial charge in [-0.1, -0.05) is 12.8 Å². The van der Waals surface area contributed by atoms with E-state index in [0.29, 0.717) is 22.6 Å². The molecule has 2 aliphatic rings. The van der Waals surface area contributed by atoms with Crippen LogP contribution in [0.4, 0.5) is 0 Å². The summed E-state index contributed by atoms with van der Waals surface area (Å²) in [5.41, 5.74) is 1.33. The molecule has 0 aromatic carbocycles. The number of nitrogens with zero attached hydrogens (tertiary/aromatic N) is 2. The Morgan fingerprint density at radius 2 is 2.04 bits per heavy atom. The summed E-state index contributed by atoms with van der Waals surface area (Å²) in [4.78, 5) is 14.3. The maximum atomic E-state index is 12.3. The Bertz CT molecular complexity index is 677. The smallest absolute Gasteiger partial charge is 0.348 e. The first kappa shape index (κ1) is 14.9. The summed E-state index contributed by atoms with van der Waals surface area (Å²) in [5.74, 6) is 1.20. The lowest BCUT2D eigenvalue weighted by atomic mass is 10.00. The molecular formula is C17H20N2O3S. The molecule has 0 aliphatic heterocycles. The molecule has 0 spiro atoms. The lowest BCUT2D eigenvalue weighted by Crippen LogP contribution is -2.03. The standard InChI is InChI=1S/C17H20N2O3S/c20-17(21-10-15-18-19-16(22-15)11-7-8-11)14-9-12-5-3-1-2-4-6-13(12)23-14/h9,11H,1-8,10H2. The van der Waals surface area contributed by atoms with Crippen LogP contribution >= 0.6 is 11.3 Å². The summed E-state index contributed by atoms with van der Waals surface area (Å²) in [6, 6.07) is 2.01. The van der Waals surface area contributed by atoms with Gasteiger partial charge in [-0.2, -0.15) is 0 Å². The topological polar surface area (TPSA) is 65.2 Å². The number of esters is 1. The van der Waals surface area contributed by atoms with E-state index >= 15 is 0 Å². The van der Waals surface area contributed by atoms with E-state index in [0.717, 1.165) is 25.7 Å². The number of fused-ring (bicyclic) bond motifs is 1. The van der Waals surface area contributed by atoms with Crippen LogP contribution in [0.15, 0.2) is 10.5 Å². The number of thiophene rings is 1. The quantitative estimate of drug-likeness (QED) is 0.791. The van der Waals surface area contributed by atoms with Gasteiger partial charge in [0.2, 0.25) is 5.89 Å². The van der Waals surface area contributed by atoms with E-state index in [1.165, 1.54) is 36.1 Å². The van der Waals surface area contributed by atoms with Crippen molar-refractivity contribution >= 4 is 17.3 Å². The summed E-state index contributed by atoms with van der Waals surface area (Å²) in [5, 5.41) is 7.94. The Labute approximate surface area is 139 Å². The maximum absolute atomic E-state index is 12.3. The van der Waals surface area contributed by atoms with Gasteiger partial charge in [-0.25, -0.2) is 4.79 Å². The minimum absolute atomic E-state index is 0.0567. The number of hydrogen-bond acceptors (Lipinski definition) is 6. The highest BCUT2D eigenvalue weighted by molar-refractivity contribution is 7.14. The van der Waals surface area contributed by atoms with Gasteiger partial charge in [0.15, 0.2) is 6.61 Å². The van der Waals surface area contributed by atoms with Crippen molar-refractivity contribution in [3.05, 3.63) is 33.2 Å². The first-order valence-electron chi connectivity index (χ1n) is 8.40. The van der Waals surface area contributed by atoms with Gasteiger partial charge in [0.25, 0.3) is 5.89 Å². The predicted molar refractivity (Wildman–Crippen MR) is 85.6 cm³/mol. The van der Waals surface area contributed by atoms with E-state index in [-0.39, 0.29) is 12.6 Å². The summed E-state index contributed by atoms with van der Waals surface area (Å²) >= 11 is 1.58. The van der Waals surface area contributed by atoms with Crippen molar-refractivity contribution < 1.29 is 13.9 Å². The number of aromatic nitrogens is 2. The van der Waals surface area contributed by atoms with Crippen LogP contribution in [0.2, 0.25) is 0 Å². The molecule has 0 unspecified atom stereocenters. The second kappa shape index (κ2) is 6.43. The van der Waals surface area contributed by atoms with E-state index in [9.17, 15) is 4.79 Å². The minimum Gasteiger partial charge on any atom is -0.451 e. The van der Waals surface area contributed by atoms with Crippen molar-refractivity contribution in [1.29, 1.82) is 0 Å². The normalized spacial score (nSPS) is 18.1. The molecule has 23 heavy (non-hydrogen) atoms. The van der Waals surface area contributed by atoms with E-state index in [4.69, 9.17) is 9.15 Å². The average Bonchev–Trinajstić information content (AvgIpc) is 3.15. The molecule has 1 fully saturated rings. The highest BCUT2D eigenvalue weighted by Gasteiger charge is 2.29. The van der Waals surface area contributed by atoms with Crippen LogP contribution < -0.4 is 0 Å². The molecule has 2 aromatic heterocycles. The zero-order chi connectivity index (χ0) is 15.6. The molecule has 122 valence electrons. The van der Waals surface area contributed by atoms with Crippen molar-refractivity contribution in [3.8, 4) is 0 Å². The molecule has 0 saturated heterocycles. The SMILES string of the molecule is O=C(OCc1nnc(C2CC2)o1)c1cc2c(s1)CCCCCC2. The fraction of sp³-hybridized carbons (Fsp3) is 0.588. The van der Waals surface area contributed by atoms with Gasteiger partial charge in [0.05, 0.1) is 0 Å². The van der Waals surface area contributed by atoms with E-state index in [1.807, 2.05) is 6.07 Å². The van der Waals surface area contributed by atoms with E-state index in [2.05, 4.69) is 10.2 Å². The van der Waals surface area contributed by atoms with Crippen molar-refractivity contribution in [3.63, 3.8) is 0 Å². The molecule has 2 heterocycles. The van der Waals surface area contributed by atoms with Crippen LogP contribution in [0.3, 0.4) is 0 Å². The fourth-order valence-corrected chi connectivity index (χ4v) is 4.11. The number of ether oxygens (including phenoxy) is 1. The Morgan fingerprint density at radius 1 is 1.22 bits per heavy atom. The van der Waals surface area contributed by atoms with Crippen LogP contribution in [0, 0.1) is 0 Å². The van der Waals surface area contributed by atoms with Crippen LogP contribution in [0.5, 0.6) is 0 Å². The van der Waals surface area contributed by atoms with Crippen molar-refractivity contribution in [2.24, 2.45) is 0 Å². The molecule has 1 saturated carbocycles. The highest BCUT2D eigenvalue weighted by Crippen LogP contribution is 2.39. The molecule has 0 amide bonds. The highest BCUT2D eigenvalue weighted by atomic mass is 32.1. The van der Waals surface area contributed by atoms with Gasteiger partial charge in [0.1, 0.15) is 4.88 Å². The molecule has 0 N–H and O–H groups in total. The van der Waals surface area contributed by atoms with Gasteiger partial charge in [0, 0.05) is 10.8 Å². The third kappa shape index (κ3) is 3.47. The lowest BCUT2D eigenvalue weighted by molar-refractivity contribution is 0.0442. The largest absolute Gasteiger partial charge is 0.451 e. The second-order valence-electron chi connectivity index (χ2n) is 6.36. The van der Waals surface area contributed by atoms with E-state index in [1.54, 1.807) is 11.3 Å². The van der Waals surface area contributed by atoms with Crippen LogP contribution in [-0.4, -0.2) is 16.2 Å². The van der Waals surface area contributed by atoms with Crippen LogP contribution in [-0.2, 0) is 24.2 Å². The zero-order valence-corrected chi connectivity index (χ0v) is 13.9. The maximum Gasteiger partial charge on any atom is 0.348 e. The number of rotatable bonds is 4. The third-order valence-corrected chi connectivity index (χ3v) is 5.65. The molecule has 0 atom stereocenters. The third-order valence-electron chi connectivity index (χ3n) is 4.43. The van der Waals surface area contributed by atoms with Crippen molar-refractivity contribution in [2.45, 2.75) is 63.9 Å². The number of aryl methyl sites for hydroxylation is 2. The average molecular weight is 332 g/mol. The molecule has 0 bridgehead atoms. The Morgan fingerprint density at radius 3 is 2.87 bits per heavy atom. The van der Waals surface area contributed by atoms with Crippen molar-refractivity contribution in [2.75, 3.05) is 0 Å². The fourth-order valence-electron chi connectivity index (χ4n) is 2.96. The predicted octanol–water partition coefficient (Wildman–Crippen LogP) is 4.02. The van der Waals surface area contributed by atoms with Crippen LogP contribution in [0.25, 0.3) is 0 Å². The minimum atomic E-state index is -0.284. The molecule has 0 radical (unpaired) electrons. The summed E-state index contributed by atoms with van der Waals surface area (Å²) < 4.78 is 10.9. The first-order valence-corrected chi connectivity index (χ1v) is 9.22. The molecule has 2 aromatic rings. The molecule has 2 aliphatic carbocycles.